The van der Waals surface area contributed by atoms with Crippen molar-refractivity contribution in [3.63, 3.8) is 0 Å². The van der Waals surface area contributed by atoms with Gasteiger partial charge >= 0.3 is 6.18 Å². The Morgan fingerprint density at radius 1 is 1.24 bits per heavy atom. The zero-order valence-corrected chi connectivity index (χ0v) is 10.9. The highest BCUT2D eigenvalue weighted by atomic mass is 19.4. The lowest BCUT2D eigenvalue weighted by molar-refractivity contribution is -0.137. The van der Waals surface area contributed by atoms with Gasteiger partial charge in [0, 0.05) is 18.9 Å². The van der Waals surface area contributed by atoms with Gasteiger partial charge in [-0.3, -0.25) is 0 Å². The van der Waals surface area contributed by atoms with E-state index in [0.717, 1.165) is 12.1 Å². The fourth-order valence-corrected chi connectivity index (χ4v) is 1.65. The standard InChI is InChI=1S/C13H10F3N5/c1-18-12-19-5-4-11(21-12)20-9-3-2-8(7-17)10(6-9)13(14,15)16/h2-6H,1H3,(H2,18,19,20,21). The predicted molar refractivity (Wildman–Crippen MR) is 71.0 cm³/mol. The van der Waals surface area contributed by atoms with Crippen LogP contribution in [0.4, 0.5) is 30.6 Å². The Balaban J connectivity index is 2.35. The number of rotatable bonds is 3. The van der Waals surface area contributed by atoms with Gasteiger partial charge < -0.3 is 10.6 Å². The molecule has 2 aromatic rings. The Morgan fingerprint density at radius 2 is 2.00 bits per heavy atom. The maximum atomic E-state index is 12.9. The largest absolute Gasteiger partial charge is 0.417 e. The molecule has 108 valence electrons. The third kappa shape index (κ3) is 3.39. The van der Waals surface area contributed by atoms with Gasteiger partial charge in [-0.05, 0) is 24.3 Å². The zero-order valence-electron chi connectivity index (χ0n) is 10.9. The molecular weight excluding hydrogens is 283 g/mol. The summed E-state index contributed by atoms with van der Waals surface area (Å²) in [6.07, 6.45) is -3.12. The smallest absolute Gasteiger partial charge is 0.357 e. The molecule has 1 aromatic heterocycles. The first-order valence-corrected chi connectivity index (χ1v) is 5.83. The lowest BCUT2D eigenvalue weighted by Crippen LogP contribution is -2.08. The number of anilines is 3. The quantitative estimate of drug-likeness (QED) is 0.909. The fraction of sp³-hybridized carbons (Fsp3) is 0.154. The highest BCUT2D eigenvalue weighted by Gasteiger charge is 2.33. The van der Waals surface area contributed by atoms with Crippen LogP contribution >= 0.6 is 0 Å². The second-order valence-electron chi connectivity index (χ2n) is 4.01. The normalized spacial score (nSPS) is 10.8. The average molecular weight is 293 g/mol. The summed E-state index contributed by atoms with van der Waals surface area (Å²) in [5, 5.41) is 14.2. The molecule has 0 saturated carbocycles. The Hall–Kier alpha value is -2.82. The van der Waals surface area contributed by atoms with Gasteiger partial charge in [0.2, 0.25) is 5.95 Å². The van der Waals surface area contributed by atoms with Gasteiger partial charge in [0.05, 0.1) is 17.2 Å². The Morgan fingerprint density at radius 3 is 2.62 bits per heavy atom. The maximum Gasteiger partial charge on any atom is 0.417 e. The average Bonchev–Trinajstić information content (AvgIpc) is 2.46. The van der Waals surface area contributed by atoms with E-state index in [0.29, 0.717) is 11.8 Å². The van der Waals surface area contributed by atoms with Crippen LogP contribution in [-0.4, -0.2) is 17.0 Å². The zero-order chi connectivity index (χ0) is 15.5. The van der Waals surface area contributed by atoms with Gasteiger partial charge in [0.1, 0.15) is 5.82 Å². The molecule has 0 atom stereocenters. The summed E-state index contributed by atoms with van der Waals surface area (Å²) >= 11 is 0. The molecule has 0 amide bonds. The van der Waals surface area contributed by atoms with E-state index in [-0.39, 0.29) is 5.69 Å². The van der Waals surface area contributed by atoms with Crippen LogP contribution in [0.5, 0.6) is 0 Å². The third-order valence-electron chi connectivity index (χ3n) is 2.60. The number of benzene rings is 1. The van der Waals surface area contributed by atoms with Crippen LogP contribution < -0.4 is 10.6 Å². The van der Waals surface area contributed by atoms with Crippen LogP contribution in [0.2, 0.25) is 0 Å². The molecular formula is C13H10F3N5. The summed E-state index contributed by atoms with van der Waals surface area (Å²) in [5.41, 5.74) is -1.23. The van der Waals surface area contributed by atoms with E-state index in [1.54, 1.807) is 7.05 Å². The van der Waals surface area contributed by atoms with E-state index in [1.165, 1.54) is 24.4 Å². The van der Waals surface area contributed by atoms with E-state index in [2.05, 4.69) is 20.6 Å². The van der Waals surface area contributed by atoms with Gasteiger partial charge in [0.25, 0.3) is 0 Å². The molecule has 0 aliphatic heterocycles. The molecule has 21 heavy (non-hydrogen) atoms. The van der Waals surface area contributed by atoms with Crippen LogP contribution in [0.3, 0.4) is 0 Å². The van der Waals surface area contributed by atoms with Crippen molar-refractivity contribution >= 4 is 17.5 Å². The molecule has 0 fully saturated rings. The molecule has 2 N–H and O–H groups in total. The van der Waals surface area contributed by atoms with E-state index in [9.17, 15) is 13.2 Å². The summed E-state index contributed by atoms with van der Waals surface area (Å²) in [6, 6.07) is 6.42. The number of nitrogens with one attached hydrogen (secondary N) is 2. The summed E-state index contributed by atoms with van der Waals surface area (Å²) in [7, 11) is 1.63. The van der Waals surface area contributed by atoms with Crippen molar-refractivity contribution in [1.82, 2.24) is 9.97 Å². The first-order valence-electron chi connectivity index (χ1n) is 5.83. The number of aromatic nitrogens is 2. The Labute approximate surface area is 118 Å². The molecule has 0 aliphatic carbocycles. The highest BCUT2D eigenvalue weighted by Crippen LogP contribution is 2.34. The van der Waals surface area contributed by atoms with Crippen LogP contribution in [0.15, 0.2) is 30.5 Å². The lowest BCUT2D eigenvalue weighted by atomic mass is 10.1. The highest BCUT2D eigenvalue weighted by molar-refractivity contribution is 5.60. The molecule has 0 radical (unpaired) electrons. The molecule has 0 bridgehead atoms. The van der Waals surface area contributed by atoms with E-state index < -0.39 is 17.3 Å². The van der Waals surface area contributed by atoms with Crippen molar-refractivity contribution in [3.8, 4) is 6.07 Å². The van der Waals surface area contributed by atoms with E-state index in [1.807, 2.05) is 0 Å². The van der Waals surface area contributed by atoms with Gasteiger partial charge in [-0.15, -0.1) is 0 Å². The number of nitriles is 1. The van der Waals surface area contributed by atoms with E-state index >= 15 is 0 Å². The van der Waals surface area contributed by atoms with Gasteiger partial charge in [-0.2, -0.15) is 23.4 Å². The molecule has 8 heteroatoms. The summed E-state index contributed by atoms with van der Waals surface area (Å²) in [6.45, 7) is 0. The minimum atomic E-state index is -4.59. The van der Waals surface area contributed by atoms with Gasteiger partial charge in [-0.25, -0.2) is 4.98 Å². The fourth-order valence-electron chi connectivity index (χ4n) is 1.65. The van der Waals surface area contributed by atoms with E-state index in [4.69, 9.17) is 5.26 Å². The maximum absolute atomic E-state index is 12.9. The predicted octanol–water partition coefficient (Wildman–Crippen LogP) is 3.15. The van der Waals surface area contributed by atoms with Crippen molar-refractivity contribution in [1.29, 1.82) is 5.26 Å². The first-order chi connectivity index (χ1) is 9.94. The van der Waals surface area contributed by atoms with Crippen molar-refractivity contribution < 1.29 is 13.2 Å². The minimum Gasteiger partial charge on any atom is -0.357 e. The Bertz CT molecular complexity index is 691. The molecule has 1 heterocycles. The molecule has 2 rings (SSSR count). The van der Waals surface area contributed by atoms with Crippen LogP contribution in [0.1, 0.15) is 11.1 Å². The lowest BCUT2D eigenvalue weighted by Gasteiger charge is -2.12. The second-order valence-corrected chi connectivity index (χ2v) is 4.01. The van der Waals surface area contributed by atoms with Crippen LogP contribution in [0.25, 0.3) is 0 Å². The summed E-state index contributed by atoms with van der Waals surface area (Å²) < 4.78 is 38.6. The van der Waals surface area contributed by atoms with Crippen molar-refractivity contribution in [2.75, 3.05) is 17.7 Å². The number of hydrogen-bond acceptors (Lipinski definition) is 5. The van der Waals surface area contributed by atoms with Crippen molar-refractivity contribution in [3.05, 3.63) is 41.6 Å². The number of nitrogens with zero attached hydrogens (tertiary/aromatic N) is 3. The monoisotopic (exact) mass is 293 g/mol. The Kier molecular flexibility index (Phi) is 3.93. The molecule has 5 nitrogen and oxygen atoms in total. The molecule has 0 aliphatic rings. The number of alkyl halides is 3. The van der Waals surface area contributed by atoms with Crippen molar-refractivity contribution in [2.24, 2.45) is 0 Å². The molecule has 0 saturated heterocycles. The first kappa shape index (κ1) is 14.6. The van der Waals surface area contributed by atoms with Crippen LogP contribution in [-0.2, 0) is 6.18 Å². The van der Waals surface area contributed by atoms with Crippen LogP contribution in [0, 0.1) is 11.3 Å². The van der Waals surface area contributed by atoms with Gasteiger partial charge in [-0.1, -0.05) is 0 Å². The topological polar surface area (TPSA) is 73.6 Å². The SMILES string of the molecule is CNc1nccc(Nc2ccc(C#N)c(C(F)(F)F)c2)n1. The summed E-state index contributed by atoms with van der Waals surface area (Å²) in [5.74, 6) is 0.678. The molecule has 1 aromatic carbocycles. The third-order valence-corrected chi connectivity index (χ3v) is 2.60. The van der Waals surface area contributed by atoms with Gasteiger partial charge in [0.15, 0.2) is 0 Å². The number of hydrogen-bond donors (Lipinski definition) is 2. The van der Waals surface area contributed by atoms with Crippen molar-refractivity contribution in [2.45, 2.75) is 6.18 Å². The molecule has 0 unspecified atom stereocenters. The molecule has 0 spiro atoms. The second kappa shape index (κ2) is 5.66. The summed E-state index contributed by atoms with van der Waals surface area (Å²) in [4.78, 5) is 7.94. The minimum absolute atomic E-state index is 0.182. The number of halogens is 3.